The number of esters is 1. The van der Waals surface area contributed by atoms with Crippen LogP contribution >= 0.6 is 11.6 Å². The number of benzene rings is 2. The van der Waals surface area contributed by atoms with Gasteiger partial charge in [-0.25, -0.2) is 8.78 Å². The van der Waals surface area contributed by atoms with Gasteiger partial charge < -0.3 is 15.4 Å². The molecule has 0 aliphatic rings. The number of carbonyl (C=O) groups is 2. The first kappa shape index (κ1) is 27.2. The third kappa shape index (κ3) is 7.82. The van der Waals surface area contributed by atoms with Crippen LogP contribution in [0.5, 0.6) is 0 Å². The van der Waals surface area contributed by atoms with Gasteiger partial charge in [0.25, 0.3) is 5.91 Å². The summed E-state index contributed by atoms with van der Waals surface area (Å²) in [5.74, 6) is -1.89. The minimum atomic E-state index is -0.612. The molecule has 8 nitrogen and oxygen atoms in total. The summed E-state index contributed by atoms with van der Waals surface area (Å²) >= 11 is 6.02. The smallest absolute Gasteiger partial charge is 0.310 e. The quantitative estimate of drug-likeness (QED) is 0.234. The van der Waals surface area contributed by atoms with Gasteiger partial charge in [0.1, 0.15) is 12.5 Å². The summed E-state index contributed by atoms with van der Waals surface area (Å²) in [5.41, 5.74) is 1.99. The summed E-state index contributed by atoms with van der Waals surface area (Å²) in [6, 6.07) is 11.1. The van der Waals surface area contributed by atoms with Crippen molar-refractivity contribution in [2.24, 2.45) is 5.92 Å². The second-order valence-electron chi connectivity index (χ2n) is 8.13. The monoisotopic (exact) mass is 519 g/mol. The lowest BCUT2D eigenvalue weighted by molar-refractivity contribution is -0.148. The van der Waals surface area contributed by atoms with Gasteiger partial charge in [-0.1, -0.05) is 35.9 Å². The topological polar surface area (TPSA) is 109 Å². The van der Waals surface area contributed by atoms with Crippen molar-refractivity contribution in [2.75, 3.05) is 26.4 Å². The van der Waals surface area contributed by atoms with E-state index >= 15 is 0 Å². The van der Waals surface area contributed by atoms with Crippen LogP contribution in [0.4, 0.5) is 8.78 Å². The summed E-state index contributed by atoms with van der Waals surface area (Å²) in [4.78, 5) is 25.2. The van der Waals surface area contributed by atoms with Crippen LogP contribution in [0.3, 0.4) is 0 Å². The van der Waals surface area contributed by atoms with Gasteiger partial charge in [0.2, 0.25) is 0 Å². The van der Waals surface area contributed by atoms with E-state index in [1.165, 1.54) is 18.3 Å². The number of alkyl halides is 1. The number of amides is 1. The number of rotatable bonds is 13. The number of hydrogen-bond acceptors (Lipinski definition) is 6. The average Bonchev–Trinajstić information content (AvgIpc) is 3.41. The Morgan fingerprint density at radius 3 is 2.64 bits per heavy atom. The van der Waals surface area contributed by atoms with Gasteiger partial charge in [0, 0.05) is 29.7 Å². The number of ether oxygens (including phenoxy) is 1. The zero-order chi connectivity index (χ0) is 25.9. The molecular weight excluding hydrogens is 492 g/mol. The standard InChI is InChI=1S/C25H28ClF2N5O3/c1-2-36-25(35)18(14-29-10-9-27)12-20(31-24(34)23-15-30-33-32-23)11-16-3-5-17(6-4-16)21-13-19(26)7-8-22(21)28/h3-8,13,15,18,20,29H,2,9-12,14H2,1H3,(H,31,34)(H,30,32,33)/t18-,20+/m0/s1. The van der Waals surface area contributed by atoms with Crippen molar-refractivity contribution in [3.8, 4) is 11.1 Å². The fraction of sp³-hybridized carbons (Fsp3) is 0.360. The van der Waals surface area contributed by atoms with Gasteiger partial charge in [0.15, 0.2) is 5.69 Å². The third-order valence-electron chi connectivity index (χ3n) is 5.51. The summed E-state index contributed by atoms with van der Waals surface area (Å²) in [6.45, 7) is 1.65. The zero-order valence-corrected chi connectivity index (χ0v) is 20.5. The minimum Gasteiger partial charge on any atom is -0.466 e. The average molecular weight is 520 g/mol. The maximum absolute atomic E-state index is 14.3. The molecule has 0 fully saturated rings. The predicted octanol–water partition coefficient (Wildman–Crippen LogP) is 3.73. The minimum absolute atomic E-state index is 0.105. The molecule has 1 amide bonds. The number of nitrogens with one attached hydrogen (secondary N) is 3. The molecule has 0 saturated heterocycles. The molecule has 36 heavy (non-hydrogen) atoms. The van der Waals surface area contributed by atoms with Crippen LogP contribution in [0.15, 0.2) is 48.7 Å². The Kier molecular flexibility index (Phi) is 10.3. The molecule has 3 aromatic rings. The molecule has 0 saturated carbocycles. The number of aromatic nitrogens is 3. The van der Waals surface area contributed by atoms with E-state index < -0.39 is 30.5 Å². The normalized spacial score (nSPS) is 12.7. The third-order valence-corrected chi connectivity index (χ3v) is 5.74. The molecule has 0 radical (unpaired) electrons. The summed E-state index contributed by atoms with van der Waals surface area (Å²) in [7, 11) is 0. The summed E-state index contributed by atoms with van der Waals surface area (Å²) in [5, 5.41) is 16.1. The number of carbonyl (C=O) groups excluding carboxylic acids is 2. The second-order valence-corrected chi connectivity index (χ2v) is 8.57. The molecular formula is C25H28ClF2N5O3. The SMILES string of the molecule is CCOC(=O)[C@H](CNCCF)C[C@@H](Cc1ccc(-c2cc(Cl)ccc2F)cc1)NC(=O)c1cn[nH]n1. The van der Waals surface area contributed by atoms with E-state index in [9.17, 15) is 18.4 Å². The molecule has 2 aromatic carbocycles. The van der Waals surface area contributed by atoms with Crippen molar-refractivity contribution in [1.29, 1.82) is 0 Å². The number of hydrogen-bond donors (Lipinski definition) is 3. The zero-order valence-electron chi connectivity index (χ0n) is 19.8. The summed E-state index contributed by atoms with van der Waals surface area (Å²) in [6.07, 6.45) is 1.92. The van der Waals surface area contributed by atoms with E-state index in [-0.39, 0.29) is 37.6 Å². The number of halogens is 3. The molecule has 3 N–H and O–H groups in total. The molecule has 0 unspecified atom stereocenters. The van der Waals surface area contributed by atoms with Crippen molar-refractivity contribution < 1.29 is 23.1 Å². The molecule has 0 bridgehead atoms. The Morgan fingerprint density at radius 1 is 1.19 bits per heavy atom. The van der Waals surface area contributed by atoms with Crippen molar-refractivity contribution in [2.45, 2.75) is 25.8 Å². The van der Waals surface area contributed by atoms with E-state index in [2.05, 4.69) is 26.0 Å². The lowest BCUT2D eigenvalue weighted by atomic mass is 9.93. The maximum atomic E-state index is 14.3. The first-order chi connectivity index (χ1) is 17.4. The molecule has 3 rings (SSSR count). The Labute approximate surface area is 212 Å². The number of aromatic amines is 1. The van der Waals surface area contributed by atoms with Gasteiger partial charge in [0.05, 0.1) is 18.7 Å². The van der Waals surface area contributed by atoms with Crippen molar-refractivity contribution in [3.05, 3.63) is 70.8 Å². The van der Waals surface area contributed by atoms with Gasteiger partial charge in [-0.3, -0.25) is 9.59 Å². The largest absolute Gasteiger partial charge is 0.466 e. The van der Waals surface area contributed by atoms with Crippen LogP contribution in [-0.4, -0.2) is 59.7 Å². The Bertz CT molecular complexity index is 1130. The highest BCUT2D eigenvalue weighted by Crippen LogP contribution is 2.27. The predicted molar refractivity (Wildman–Crippen MR) is 132 cm³/mol. The molecule has 1 aromatic heterocycles. The molecule has 2 atom stereocenters. The highest BCUT2D eigenvalue weighted by molar-refractivity contribution is 6.30. The van der Waals surface area contributed by atoms with E-state index in [0.29, 0.717) is 22.6 Å². The fourth-order valence-electron chi connectivity index (χ4n) is 3.80. The Morgan fingerprint density at radius 2 is 1.97 bits per heavy atom. The van der Waals surface area contributed by atoms with Crippen LogP contribution in [0.1, 0.15) is 29.4 Å². The molecule has 1 heterocycles. The van der Waals surface area contributed by atoms with E-state index in [1.54, 1.807) is 25.1 Å². The molecule has 0 spiro atoms. The van der Waals surface area contributed by atoms with Crippen LogP contribution in [0.25, 0.3) is 11.1 Å². The Hall–Kier alpha value is -3.37. The highest BCUT2D eigenvalue weighted by Gasteiger charge is 2.26. The summed E-state index contributed by atoms with van der Waals surface area (Å²) < 4.78 is 32.0. The molecule has 192 valence electrons. The first-order valence-corrected chi connectivity index (χ1v) is 11.9. The van der Waals surface area contributed by atoms with E-state index in [1.807, 2.05) is 12.1 Å². The van der Waals surface area contributed by atoms with Gasteiger partial charge in [-0.15, -0.1) is 0 Å². The van der Waals surface area contributed by atoms with Gasteiger partial charge in [-0.2, -0.15) is 15.4 Å². The van der Waals surface area contributed by atoms with E-state index in [0.717, 1.165) is 5.56 Å². The van der Waals surface area contributed by atoms with Crippen LogP contribution in [-0.2, 0) is 16.0 Å². The van der Waals surface area contributed by atoms with E-state index in [4.69, 9.17) is 16.3 Å². The molecule has 0 aliphatic carbocycles. The van der Waals surface area contributed by atoms with Crippen LogP contribution in [0.2, 0.25) is 5.02 Å². The second kappa shape index (κ2) is 13.6. The maximum Gasteiger partial charge on any atom is 0.310 e. The molecule has 0 aliphatic heterocycles. The van der Waals surface area contributed by atoms with Crippen LogP contribution < -0.4 is 10.6 Å². The van der Waals surface area contributed by atoms with Crippen molar-refractivity contribution in [3.63, 3.8) is 0 Å². The lowest BCUT2D eigenvalue weighted by Crippen LogP contribution is -2.42. The number of H-pyrrole nitrogens is 1. The fourth-order valence-corrected chi connectivity index (χ4v) is 3.97. The van der Waals surface area contributed by atoms with Crippen molar-refractivity contribution >= 4 is 23.5 Å². The first-order valence-electron chi connectivity index (χ1n) is 11.6. The highest BCUT2D eigenvalue weighted by atomic mass is 35.5. The van der Waals surface area contributed by atoms with Gasteiger partial charge in [-0.05, 0) is 49.1 Å². The van der Waals surface area contributed by atoms with Crippen LogP contribution in [0, 0.1) is 11.7 Å². The Balaban J connectivity index is 1.79. The molecule has 11 heteroatoms. The number of nitrogens with zero attached hydrogens (tertiary/aromatic N) is 2. The van der Waals surface area contributed by atoms with Crippen molar-refractivity contribution in [1.82, 2.24) is 26.0 Å². The lowest BCUT2D eigenvalue weighted by Gasteiger charge is -2.24. The van der Waals surface area contributed by atoms with Gasteiger partial charge >= 0.3 is 5.97 Å².